The Hall–Kier alpha value is -2.97. The monoisotopic (exact) mass is 262 g/mol. The van der Waals surface area contributed by atoms with Crippen molar-refractivity contribution in [3.63, 3.8) is 0 Å². The van der Waals surface area contributed by atoms with Crippen molar-refractivity contribution in [3.05, 3.63) is 30.1 Å². The van der Waals surface area contributed by atoms with Gasteiger partial charge in [-0.05, 0) is 22.6 Å². The molecule has 0 fully saturated rings. The molecular formula is C10H8N5O4-. The summed E-state index contributed by atoms with van der Waals surface area (Å²) in [7, 11) is 0. The maximum Gasteiger partial charge on any atom is 0.335 e. The molecule has 0 saturated carbocycles. The average Bonchev–Trinajstić information content (AvgIpc) is 2.84. The van der Waals surface area contributed by atoms with Gasteiger partial charge in [-0.3, -0.25) is 4.79 Å². The predicted molar refractivity (Wildman–Crippen MR) is 59.3 cm³/mol. The van der Waals surface area contributed by atoms with Crippen LogP contribution < -0.4 is 10.4 Å². The molecule has 0 unspecified atom stereocenters. The van der Waals surface area contributed by atoms with Gasteiger partial charge < -0.3 is 15.5 Å². The summed E-state index contributed by atoms with van der Waals surface area (Å²) in [5, 5.41) is 32.8. The molecule has 0 aliphatic carbocycles. The van der Waals surface area contributed by atoms with E-state index >= 15 is 0 Å². The zero-order chi connectivity index (χ0) is 13.8. The molecule has 19 heavy (non-hydrogen) atoms. The molecule has 1 heterocycles. The first-order chi connectivity index (χ1) is 9.06. The molecule has 0 bridgehead atoms. The second-order valence-electron chi connectivity index (χ2n) is 3.57. The normalized spacial score (nSPS) is 10.1. The van der Waals surface area contributed by atoms with Crippen molar-refractivity contribution < 1.29 is 19.8 Å². The summed E-state index contributed by atoms with van der Waals surface area (Å²) in [5.74, 6) is -2.28. The van der Waals surface area contributed by atoms with Crippen LogP contribution in [-0.4, -0.2) is 37.2 Å². The minimum atomic E-state index is -1.20. The highest BCUT2D eigenvalue weighted by molar-refractivity contribution is 5.94. The zero-order valence-electron chi connectivity index (χ0n) is 9.48. The molecule has 0 aliphatic rings. The number of anilines is 1. The first-order valence-corrected chi connectivity index (χ1v) is 5.11. The topological polar surface area (TPSA) is 133 Å². The van der Waals surface area contributed by atoms with Crippen LogP contribution in [0, 0.1) is 0 Å². The van der Waals surface area contributed by atoms with Gasteiger partial charge in [-0.1, -0.05) is 11.8 Å². The number of carboxylic acid groups (broad SMARTS) is 1. The molecule has 2 N–H and O–H groups in total. The molecule has 1 aromatic heterocycles. The molecular weight excluding hydrogens is 254 g/mol. The summed E-state index contributed by atoms with van der Waals surface area (Å²) in [6.45, 7) is -0.146. The van der Waals surface area contributed by atoms with Gasteiger partial charge in [0.2, 0.25) is 5.91 Å². The van der Waals surface area contributed by atoms with E-state index in [0.29, 0.717) is 0 Å². The number of benzene rings is 1. The Kier molecular flexibility index (Phi) is 3.37. The van der Waals surface area contributed by atoms with Crippen molar-refractivity contribution >= 4 is 17.6 Å². The number of hydrogen-bond acceptors (Lipinski definition) is 6. The van der Waals surface area contributed by atoms with Crippen LogP contribution in [0.1, 0.15) is 10.4 Å². The second kappa shape index (κ2) is 5.12. The highest BCUT2D eigenvalue weighted by atomic mass is 16.4. The van der Waals surface area contributed by atoms with E-state index in [4.69, 9.17) is 5.11 Å². The van der Waals surface area contributed by atoms with Gasteiger partial charge in [-0.15, -0.1) is 5.10 Å². The standard InChI is InChI=1S/C10H9N5O4/c16-8-3-6(10(18)19)1-2-7(8)12-9(17)4-15-5-11-13-14-15/h1-3,5,16H,4H2,(H,12,17)(H,18,19)/p-1. The van der Waals surface area contributed by atoms with Crippen LogP contribution in [0.2, 0.25) is 0 Å². The van der Waals surface area contributed by atoms with E-state index in [-0.39, 0.29) is 17.8 Å². The number of carbonyl (C=O) groups excluding carboxylic acids is 1. The Morgan fingerprint density at radius 1 is 1.42 bits per heavy atom. The van der Waals surface area contributed by atoms with E-state index in [0.717, 1.165) is 6.07 Å². The van der Waals surface area contributed by atoms with Crippen LogP contribution in [-0.2, 0) is 11.3 Å². The third kappa shape index (κ3) is 3.03. The molecule has 2 rings (SSSR count). The second-order valence-corrected chi connectivity index (χ2v) is 3.57. The van der Waals surface area contributed by atoms with Crippen LogP contribution in [0.25, 0.3) is 0 Å². The fourth-order valence-corrected chi connectivity index (χ4v) is 1.35. The molecule has 0 spiro atoms. The van der Waals surface area contributed by atoms with Crippen LogP contribution >= 0.6 is 0 Å². The Labute approximate surface area is 106 Å². The number of tetrazole rings is 1. The smallest absolute Gasteiger partial charge is 0.335 e. The lowest BCUT2D eigenvalue weighted by atomic mass is 10.2. The first-order valence-electron chi connectivity index (χ1n) is 5.11. The van der Waals surface area contributed by atoms with Crippen molar-refractivity contribution in [2.45, 2.75) is 6.54 Å². The third-order valence-electron chi connectivity index (χ3n) is 2.20. The summed E-state index contributed by atoms with van der Waals surface area (Å²) in [5.41, 5.74) is -0.133. The number of carboxylic acids is 1. The van der Waals surface area contributed by atoms with Crippen molar-refractivity contribution in [2.24, 2.45) is 0 Å². The van der Waals surface area contributed by atoms with Gasteiger partial charge in [0.25, 0.3) is 0 Å². The van der Waals surface area contributed by atoms with Crippen LogP contribution in [0.15, 0.2) is 24.5 Å². The summed E-state index contributed by atoms with van der Waals surface area (Å²) < 4.78 is 1.19. The number of nitrogens with zero attached hydrogens (tertiary/aromatic N) is 4. The predicted octanol–water partition coefficient (Wildman–Crippen LogP) is -0.916. The summed E-state index contributed by atoms with van der Waals surface area (Å²) in [4.78, 5) is 22.2. The van der Waals surface area contributed by atoms with E-state index < -0.39 is 17.6 Å². The number of aromatic nitrogens is 4. The van der Waals surface area contributed by atoms with Gasteiger partial charge in [0.05, 0.1) is 5.56 Å². The zero-order valence-corrected chi connectivity index (χ0v) is 9.48. The lowest BCUT2D eigenvalue weighted by Gasteiger charge is -2.14. The highest BCUT2D eigenvalue weighted by Crippen LogP contribution is 2.21. The SMILES string of the molecule is O=C(Cn1cnnn1)Nc1ccc(C(=O)O)cc1[O-]. The molecule has 9 nitrogen and oxygen atoms in total. The molecule has 2 aromatic rings. The van der Waals surface area contributed by atoms with Gasteiger partial charge in [0, 0.05) is 5.69 Å². The Morgan fingerprint density at radius 2 is 2.21 bits per heavy atom. The summed E-state index contributed by atoms with van der Waals surface area (Å²) in [6.07, 6.45) is 1.26. The number of amides is 1. The van der Waals surface area contributed by atoms with Crippen LogP contribution in [0.3, 0.4) is 0 Å². The largest absolute Gasteiger partial charge is 0.871 e. The van der Waals surface area contributed by atoms with Crippen molar-refractivity contribution in [1.82, 2.24) is 20.2 Å². The van der Waals surface area contributed by atoms with Crippen molar-refractivity contribution in [1.29, 1.82) is 0 Å². The number of carbonyl (C=O) groups is 2. The number of hydrogen-bond donors (Lipinski definition) is 2. The lowest BCUT2D eigenvalue weighted by molar-refractivity contribution is -0.267. The van der Waals surface area contributed by atoms with Gasteiger partial charge in [0.15, 0.2) is 0 Å². The Morgan fingerprint density at radius 3 is 2.79 bits per heavy atom. The van der Waals surface area contributed by atoms with E-state index in [1.54, 1.807) is 0 Å². The Bertz CT molecular complexity index is 610. The average molecular weight is 262 g/mol. The van der Waals surface area contributed by atoms with Crippen LogP contribution in [0.5, 0.6) is 5.75 Å². The van der Waals surface area contributed by atoms with E-state index in [1.165, 1.54) is 23.1 Å². The molecule has 98 valence electrons. The number of aromatic carboxylic acids is 1. The minimum Gasteiger partial charge on any atom is -0.871 e. The van der Waals surface area contributed by atoms with E-state index in [9.17, 15) is 14.7 Å². The minimum absolute atomic E-state index is 0.00285. The maximum atomic E-state index is 11.6. The third-order valence-corrected chi connectivity index (χ3v) is 2.20. The maximum absolute atomic E-state index is 11.6. The van der Waals surface area contributed by atoms with Gasteiger partial charge in [-0.25, -0.2) is 9.48 Å². The molecule has 0 radical (unpaired) electrons. The molecule has 0 atom stereocenters. The first kappa shape index (κ1) is 12.5. The van der Waals surface area contributed by atoms with Crippen molar-refractivity contribution in [2.75, 3.05) is 5.32 Å². The number of nitrogens with one attached hydrogen (secondary N) is 1. The fraction of sp³-hybridized carbons (Fsp3) is 0.100. The number of rotatable bonds is 4. The van der Waals surface area contributed by atoms with Gasteiger partial charge >= 0.3 is 5.97 Å². The molecule has 9 heteroatoms. The fourth-order valence-electron chi connectivity index (χ4n) is 1.35. The van der Waals surface area contributed by atoms with E-state index in [2.05, 4.69) is 20.8 Å². The highest BCUT2D eigenvalue weighted by Gasteiger charge is 2.07. The quantitative estimate of drug-likeness (QED) is 0.728. The van der Waals surface area contributed by atoms with Gasteiger partial charge in [0.1, 0.15) is 12.9 Å². The van der Waals surface area contributed by atoms with Crippen molar-refractivity contribution in [3.8, 4) is 5.75 Å². The molecule has 1 amide bonds. The molecule has 1 aromatic carbocycles. The van der Waals surface area contributed by atoms with Crippen LogP contribution in [0.4, 0.5) is 5.69 Å². The van der Waals surface area contributed by atoms with Gasteiger partial charge in [-0.2, -0.15) is 0 Å². The molecule has 0 saturated heterocycles. The summed E-state index contributed by atoms with van der Waals surface area (Å²) >= 11 is 0. The lowest BCUT2D eigenvalue weighted by Crippen LogP contribution is -2.20. The molecule has 0 aliphatic heterocycles. The van der Waals surface area contributed by atoms with E-state index in [1.807, 2.05) is 0 Å². The summed E-state index contributed by atoms with van der Waals surface area (Å²) in [6, 6.07) is 3.41. The Balaban J connectivity index is 2.07.